The fourth-order valence-electron chi connectivity index (χ4n) is 3.69. The van der Waals surface area contributed by atoms with Crippen molar-refractivity contribution in [3.05, 3.63) is 40.0 Å². The zero-order valence-corrected chi connectivity index (χ0v) is 17.2. The number of nitrogens with zero attached hydrogens (tertiary/aromatic N) is 2. The number of ether oxygens (including phenoxy) is 1. The first-order valence-corrected chi connectivity index (χ1v) is 10.2. The molecule has 3 heterocycles. The second-order valence-corrected chi connectivity index (χ2v) is 8.15. The number of esters is 1. The number of carbonyl (C=O) groups excluding carboxylic acids is 2. The van der Waals surface area contributed by atoms with Crippen molar-refractivity contribution in [3.8, 4) is 0 Å². The number of aromatic nitrogens is 1. The highest BCUT2D eigenvalue weighted by molar-refractivity contribution is 7.16. The van der Waals surface area contributed by atoms with Gasteiger partial charge in [0.05, 0.1) is 24.8 Å². The summed E-state index contributed by atoms with van der Waals surface area (Å²) in [6.07, 6.45) is 4.17. The van der Waals surface area contributed by atoms with E-state index >= 15 is 0 Å². The Kier molecular flexibility index (Phi) is 6.01. The number of amides is 1. The molecule has 0 aromatic carbocycles. The van der Waals surface area contributed by atoms with Gasteiger partial charge in [-0.1, -0.05) is 0 Å². The van der Waals surface area contributed by atoms with Crippen LogP contribution in [0, 0.1) is 13.8 Å². The monoisotopic (exact) mass is 389 g/mol. The van der Waals surface area contributed by atoms with Crippen LogP contribution in [0.4, 0.5) is 5.00 Å². The van der Waals surface area contributed by atoms with Crippen molar-refractivity contribution in [1.29, 1.82) is 0 Å². The molecule has 1 amide bonds. The molecule has 1 fully saturated rings. The largest absolute Gasteiger partial charge is 0.462 e. The molecule has 0 radical (unpaired) electrons. The molecule has 1 aliphatic heterocycles. The molecule has 0 unspecified atom stereocenters. The van der Waals surface area contributed by atoms with Crippen LogP contribution in [-0.2, 0) is 16.6 Å². The Labute approximate surface area is 164 Å². The summed E-state index contributed by atoms with van der Waals surface area (Å²) in [4.78, 5) is 28.2. The van der Waals surface area contributed by atoms with E-state index in [-0.39, 0.29) is 17.9 Å². The molecule has 0 spiro atoms. The van der Waals surface area contributed by atoms with Crippen LogP contribution in [0.1, 0.15) is 52.3 Å². The molecule has 6 nitrogen and oxygen atoms in total. The zero-order valence-electron chi connectivity index (χ0n) is 16.4. The molecule has 1 atom stereocenters. The summed E-state index contributed by atoms with van der Waals surface area (Å²) in [5, 5.41) is 3.54. The average molecular weight is 390 g/mol. The number of likely N-dealkylation sites (tertiary alicyclic amines) is 1. The van der Waals surface area contributed by atoms with E-state index in [9.17, 15) is 9.59 Å². The third-order valence-electron chi connectivity index (χ3n) is 5.15. The number of hydrogen-bond acceptors (Lipinski definition) is 5. The summed E-state index contributed by atoms with van der Waals surface area (Å²) in [6.45, 7) is 7.14. The normalized spacial score (nSPS) is 17.3. The Balaban J connectivity index is 1.72. The molecule has 0 bridgehead atoms. The van der Waals surface area contributed by atoms with Gasteiger partial charge in [0.25, 0.3) is 0 Å². The van der Waals surface area contributed by atoms with Gasteiger partial charge in [0.1, 0.15) is 5.00 Å². The van der Waals surface area contributed by atoms with E-state index < -0.39 is 0 Å². The number of hydrogen-bond donors (Lipinski definition) is 1. The number of anilines is 1. The fraction of sp³-hybridized carbons (Fsp3) is 0.500. The maximum absolute atomic E-state index is 12.7. The maximum atomic E-state index is 12.7. The summed E-state index contributed by atoms with van der Waals surface area (Å²) in [6, 6.07) is 4.41. The van der Waals surface area contributed by atoms with Gasteiger partial charge in [-0.15, -0.1) is 11.3 Å². The first-order valence-electron chi connectivity index (χ1n) is 9.34. The van der Waals surface area contributed by atoms with Gasteiger partial charge >= 0.3 is 5.97 Å². The predicted octanol–water partition coefficient (Wildman–Crippen LogP) is 3.66. The molecule has 0 saturated carbocycles. The lowest BCUT2D eigenvalue weighted by Gasteiger charge is -2.24. The van der Waals surface area contributed by atoms with Crippen LogP contribution < -0.4 is 5.32 Å². The first kappa shape index (κ1) is 19.6. The van der Waals surface area contributed by atoms with E-state index in [4.69, 9.17) is 4.74 Å². The van der Waals surface area contributed by atoms with E-state index in [1.807, 2.05) is 33.2 Å². The minimum absolute atomic E-state index is 0.0945. The molecule has 1 saturated heterocycles. The third-order valence-corrected chi connectivity index (χ3v) is 6.28. The van der Waals surface area contributed by atoms with Gasteiger partial charge in [0.15, 0.2) is 0 Å². The van der Waals surface area contributed by atoms with Crippen LogP contribution in [0.2, 0.25) is 0 Å². The smallest absolute Gasteiger partial charge is 0.341 e. The Morgan fingerprint density at radius 2 is 2.15 bits per heavy atom. The third kappa shape index (κ3) is 4.09. The summed E-state index contributed by atoms with van der Waals surface area (Å²) in [5.74, 6) is -0.472. The Morgan fingerprint density at radius 3 is 2.81 bits per heavy atom. The highest BCUT2D eigenvalue weighted by Gasteiger charge is 2.30. The van der Waals surface area contributed by atoms with Crippen molar-refractivity contribution in [2.45, 2.75) is 39.7 Å². The lowest BCUT2D eigenvalue weighted by molar-refractivity contribution is -0.117. The first-order chi connectivity index (χ1) is 12.9. The Hall–Kier alpha value is -2.12. The van der Waals surface area contributed by atoms with Crippen LogP contribution in [0.5, 0.6) is 0 Å². The zero-order chi connectivity index (χ0) is 19.6. The molecular formula is C20H27N3O3S. The Morgan fingerprint density at radius 1 is 1.37 bits per heavy atom. The SMILES string of the molecule is CCOC(=O)c1c(NC(=O)CN2CCC[C@@H]2c2cccn2C)sc(C)c1C. The highest BCUT2D eigenvalue weighted by Crippen LogP contribution is 2.34. The second kappa shape index (κ2) is 8.27. The van der Waals surface area contributed by atoms with Gasteiger partial charge in [0, 0.05) is 23.8 Å². The number of nitrogens with one attached hydrogen (secondary N) is 1. The molecule has 7 heteroatoms. The van der Waals surface area contributed by atoms with Crippen molar-refractivity contribution >= 4 is 28.2 Å². The maximum Gasteiger partial charge on any atom is 0.341 e. The second-order valence-electron chi connectivity index (χ2n) is 6.93. The molecule has 2 aromatic heterocycles. The molecule has 146 valence electrons. The van der Waals surface area contributed by atoms with E-state index in [1.165, 1.54) is 17.0 Å². The van der Waals surface area contributed by atoms with E-state index in [2.05, 4.69) is 20.9 Å². The van der Waals surface area contributed by atoms with Gasteiger partial charge in [-0.25, -0.2) is 4.79 Å². The van der Waals surface area contributed by atoms with E-state index in [0.717, 1.165) is 29.8 Å². The number of rotatable bonds is 6. The number of aryl methyl sites for hydroxylation is 2. The van der Waals surface area contributed by atoms with Crippen molar-refractivity contribution in [2.24, 2.45) is 7.05 Å². The summed E-state index contributed by atoms with van der Waals surface area (Å²) < 4.78 is 7.28. The minimum Gasteiger partial charge on any atom is -0.462 e. The van der Waals surface area contributed by atoms with Crippen molar-refractivity contribution < 1.29 is 14.3 Å². The number of carbonyl (C=O) groups is 2. The molecule has 27 heavy (non-hydrogen) atoms. The van der Waals surface area contributed by atoms with E-state index in [0.29, 0.717) is 23.7 Å². The van der Waals surface area contributed by atoms with Crippen LogP contribution in [0.3, 0.4) is 0 Å². The van der Waals surface area contributed by atoms with Crippen LogP contribution >= 0.6 is 11.3 Å². The Bertz CT molecular complexity index is 840. The number of thiophene rings is 1. The summed E-state index contributed by atoms with van der Waals surface area (Å²) in [5.41, 5.74) is 2.58. The van der Waals surface area contributed by atoms with Crippen LogP contribution in [0.25, 0.3) is 0 Å². The quantitative estimate of drug-likeness (QED) is 0.766. The molecule has 0 aliphatic carbocycles. The van der Waals surface area contributed by atoms with Crippen molar-refractivity contribution in [2.75, 3.05) is 25.0 Å². The minimum atomic E-state index is -0.377. The van der Waals surface area contributed by atoms with Gasteiger partial charge in [-0.3, -0.25) is 9.69 Å². The van der Waals surface area contributed by atoms with Gasteiger partial charge in [-0.05, 0) is 57.9 Å². The highest BCUT2D eigenvalue weighted by atomic mass is 32.1. The average Bonchev–Trinajstić information content (AvgIpc) is 3.29. The predicted molar refractivity (Wildman–Crippen MR) is 107 cm³/mol. The molecular weight excluding hydrogens is 362 g/mol. The van der Waals surface area contributed by atoms with Gasteiger partial charge < -0.3 is 14.6 Å². The van der Waals surface area contributed by atoms with Crippen LogP contribution in [-0.4, -0.2) is 41.0 Å². The van der Waals surface area contributed by atoms with Crippen LogP contribution in [0.15, 0.2) is 18.3 Å². The van der Waals surface area contributed by atoms with E-state index in [1.54, 1.807) is 6.92 Å². The summed E-state index contributed by atoms with van der Waals surface area (Å²) >= 11 is 1.43. The van der Waals surface area contributed by atoms with Crippen molar-refractivity contribution in [3.63, 3.8) is 0 Å². The molecule has 2 aromatic rings. The lowest BCUT2D eigenvalue weighted by atomic mass is 10.1. The van der Waals surface area contributed by atoms with Crippen molar-refractivity contribution in [1.82, 2.24) is 9.47 Å². The van der Waals surface area contributed by atoms with Gasteiger partial charge in [0.2, 0.25) is 5.91 Å². The topological polar surface area (TPSA) is 63.6 Å². The molecule has 1 N–H and O–H groups in total. The standard InChI is InChI=1S/C20H27N3O3S/c1-5-26-20(25)18-13(2)14(3)27-19(18)21-17(24)12-23-11-7-9-16(23)15-8-6-10-22(15)4/h6,8,10,16H,5,7,9,11-12H2,1-4H3,(H,21,24)/t16-/m1/s1. The lowest BCUT2D eigenvalue weighted by Crippen LogP contribution is -2.33. The fourth-order valence-corrected chi connectivity index (χ4v) is 4.75. The van der Waals surface area contributed by atoms with Gasteiger partial charge in [-0.2, -0.15) is 0 Å². The molecule has 1 aliphatic rings. The summed E-state index contributed by atoms with van der Waals surface area (Å²) in [7, 11) is 2.04. The molecule has 3 rings (SSSR count).